The van der Waals surface area contributed by atoms with Crippen molar-refractivity contribution in [2.75, 3.05) is 40.5 Å². The molecule has 1 aliphatic heterocycles. The molecule has 0 spiro atoms. The number of rotatable bonds is 6. The average Bonchev–Trinajstić information content (AvgIpc) is 3.00. The van der Waals surface area contributed by atoms with E-state index in [0.29, 0.717) is 25.5 Å². The molecule has 2 atom stereocenters. The van der Waals surface area contributed by atoms with Gasteiger partial charge >= 0.3 is 0 Å². The number of aromatic nitrogens is 1. The highest BCUT2D eigenvalue weighted by Gasteiger charge is 2.28. The standard InChI is InChI=1S/C18H25N3O3/c1-21(2)8-10-24-17-7-9-23-12-16(17)20-18(22)15-11-13-5-3-4-6-14(13)19-15/h3-6,11,16-17,19H,7-10,12H2,1-2H3,(H,20,22)/t16-,17+/m1/s1. The summed E-state index contributed by atoms with van der Waals surface area (Å²) in [6, 6.07) is 9.60. The number of carbonyl (C=O) groups excluding carboxylic acids is 1. The number of H-pyrrole nitrogens is 1. The Morgan fingerprint density at radius 1 is 1.42 bits per heavy atom. The Bertz CT molecular complexity index is 650. The van der Waals surface area contributed by atoms with Crippen molar-refractivity contribution in [2.24, 2.45) is 0 Å². The van der Waals surface area contributed by atoms with Gasteiger partial charge in [0, 0.05) is 24.1 Å². The zero-order valence-electron chi connectivity index (χ0n) is 14.2. The quantitative estimate of drug-likeness (QED) is 0.844. The summed E-state index contributed by atoms with van der Waals surface area (Å²) in [6.07, 6.45) is 0.789. The highest BCUT2D eigenvalue weighted by atomic mass is 16.5. The van der Waals surface area contributed by atoms with E-state index in [9.17, 15) is 4.79 Å². The molecule has 24 heavy (non-hydrogen) atoms. The van der Waals surface area contributed by atoms with Crippen molar-refractivity contribution in [3.8, 4) is 0 Å². The molecule has 0 unspecified atom stereocenters. The van der Waals surface area contributed by atoms with Gasteiger partial charge in [-0.3, -0.25) is 4.79 Å². The maximum Gasteiger partial charge on any atom is 0.268 e. The van der Waals surface area contributed by atoms with Gasteiger partial charge in [0.25, 0.3) is 5.91 Å². The average molecular weight is 331 g/mol. The number of fused-ring (bicyclic) bond motifs is 1. The molecule has 0 saturated carbocycles. The Balaban J connectivity index is 1.62. The lowest BCUT2D eigenvalue weighted by Gasteiger charge is -2.32. The molecule has 1 amide bonds. The lowest BCUT2D eigenvalue weighted by molar-refractivity contribution is -0.0562. The minimum absolute atomic E-state index is 0.00738. The number of aromatic amines is 1. The van der Waals surface area contributed by atoms with Crippen molar-refractivity contribution in [3.63, 3.8) is 0 Å². The van der Waals surface area contributed by atoms with E-state index in [2.05, 4.69) is 15.2 Å². The zero-order chi connectivity index (χ0) is 16.9. The van der Waals surface area contributed by atoms with E-state index in [1.807, 2.05) is 44.4 Å². The molecule has 1 saturated heterocycles. The van der Waals surface area contributed by atoms with Crippen molar-refractivity contribution >= 4 is 16.8 Å². The minimum Gasteiger partial charge on any atom is -0.379 e. The minimum atomic E-state index is -0.125. The van der Waals surface area contributed by atoms with Gasteiger partial charge in [-0.05, 0) is 32.6 Å². The first-order valence-electron chi connectivity index (χ1n) is 8.36. The number of ether oxygens (including phenoxy) is 2. The number of para-hydroxylation sites is 1. The van der Waals surface area contributed by atoms with Gasteiger partial charge < -0.3 is 24.7 Å². The molecule has 6 heteroatoms. The largest absolute Gasteiger partial charge is 0.379 e. The van der Waals surface area contributed by atoms with E-state index in [-0.39, 0.29) is 18.1 Å². The van der Waals surface area contributed by atoms with E-state index in [1.54, 1.807) is 0 Å². The predicted molar refractivity (Wildman–Crippen MR) is 93.3 cm³/mol. The van der Waals surface area contributed by atoms with Crippen LogP contribution < -0.4 is 5.32 Å². The molecule has 2 heterocycles. The first-order valence-corrected chi connectivity index (χ1v) is 8.36. The van der Waals surface area contributed by atoms with Crippen molar-refractivity contribution in [1.29, 1.82) is 0 Å². The number of nitrogens with one attached hydrogen (secondary N) is 2. The number of benzene rings is 1. The first kappa shape index (κ1) is 17.0. The molecule has 1 aromatic carbocycles. The SMILES string of the molecule is CN(C)CCO[C@H]1CCOC[C@H]1NC(=O)c1cc2ccccc2[nH]1. The number of hydrogen-bond acceptors (Lipinski definition) is 4. The van der Waals surface area contributed by atoms with Crippen LogP contribution in [0.15, 0.2) is 30.3 Å². The summed E-state index contributed by atoms with van der Waals surface area (Å²) in [5, 5.41) is 4.08. The Hall–Kier alpha value is -1.89. The van der Waals surface area contributed by atoms with Crippen LogP contribution in [0.25, 0.3) is 10.9 Å². The lowest BCUT2D eigenvalue weighted by atomic mass is 10.1. The van der Waals surface area contributed by atoms with Gasteiger partial charge in [0.2, 0.25) is 0 Å². The topological polar surface area (TPSA) is 66.6 Å². The molecular formula is C18H25N3O3. The van der Waals surface area contributed by atoms with Crippen LogP contribution in [0.1, 0.15) is 16.9 Å². The number of carbonyl (C=O) groups is 1. The van der Waals surface area contributed by atoms with E-state index in [0.717, 1.165) is 23.9 Å². The molecule has 1 fully saturated rings. The fraction of sp³-hybridized carbons (Fsp3) is 0.500. The van der Waals surface area contributed by atoms with Crippen molar-refractivity contribution in [1.82, 2.24) is 15.2 Å². The van der Waals surface area contributed by atoms with Crippen LogP contribution in [0.3, 0.4) is 0 Å². The first-order chi connectivity index (χ1) is 11.6. The second-order valence-electron chi connectivity index (χ2n) is 6.43. The second-order valence-corrected chi connectivity index (χ2v) is 6.43. The highest BCUT2D eigenvalue weighted by Crippen LogP contribution is 2.16. The van der Waals surface area contributed by atoms with Crippen molar-refractivity contribution < 1.29 is 14.3 Å². The fourth-order valence-electron chi connectivity index (χ4n) is 2.88. The maximum absolute atomic E-state index is 12.5. The summed E-state index contributed by atoms with van der Waals surface area (Å²) in [4.78, 5) is 17.8. The molecule has 0 aliphatic carbocycles. The Labute approximate surface area is 142 Å². The number of likely N-dealkylation sites (N-methyl/N-ethyl adjacent to an activating group) is 1. The summed E-state index contributed by atoms with van der Waals surface area (Å²) >= 11 is 0. The third-order valence-corrected chi connectivity index (χ3v) is 4.25. The van der Waals surface area contributed by atoms with Gasteiger partial charge in [-0.15, -0.1) is 0 Å². The summed E-state index contributed by atoms with van der Waals surface area (Å²) in [7, 11) is 4.03. The van der Waals surface area contributed by atoms with Crippen LogP contribution in [0.2, 0.25) is 0 Å². The molecule has 0 radical (unpaired) electrons. The predicted octanol–water partition coefficient (Wildman–Crippen LogP) is 1.63. The van der Waals surface area contributed by atoms with Crippen LogP contribution in [-0.4, -0.2) is 68.4 Å². The van der Waals surface area contributed by atoms with Crippen LogP contribution >= 0.6 is 0 Å². The van der Waals surface area contributed by atoms with E-state index in [1.165, 1.54) is 0 Å². The fourth-order valence-corrected chi connectivity index (χ4v) is 2.88. The summed E-state index contributed by atoms with van der Waals surface area (Å²) in [5.74, 6) is -0.122. The smallest absolute Gasteiger partial charge is 0.268 e. The van der Waals surface area contributed by atoms with Crippen molar-refractivity contribution in [3.05, 3.63) is 36.0 Å². The third kappa shape index (κ3) is 4.14. The molecule has 3 rings (SSSR count). The Morgan fingerprint density at radius 2 is 2.25 bits per heavy atom. The van der Waals surface area contributed by atoms with Gasteiger partial charge in [-0.1, -0.05) is 18.2 Å². The number of nitrogens with zero attached hydrogens (tertiary/aromatic N) is 1. The van der Waals surface area contributed by atoms with Gasteiger partial charge in [0.15, 0.2) is 0 Å². The third-order valence-electron chi connectivity index (χ3n) is 4.25. The van der Waals surface area contributed by atoms with E-state index < -0.39 is 0 Å². The summed E-state index contributed by atoms with van der Waals surface area (Å²) in [6.45, 7) is 2.67. The van der Waals surface area contributed by atoms with Crippen LogP contribution in [0.5, 0.6) is 0 Å². The van der Waals surface area contributed by atoms with E-state index >= 15 is 0 Å². The van der Waals surface area contributed by atoms with Gasteiger partial charge in [0.1, 0.15) is 5.69 Å². The number of amides is 1. The molecule has 1 aliphatic rings. The normalized spacial score (nSPS) is 21.3. The molecule has 1 aromatic heterocycles. The molecule has 130 valence electrons. The van der Waals surface area contributed by atoms with Crippen molar-refractivity contribution in [2.45, 2.75) is 18.6 Å². The molecule has 0 bridgehead atoms. The van der Waals surface area contributed by atoms with Crippen LogP contribution in [0.4, 0.5) is 0 Å². The van der Waals surface area contributed by atoms with E-state index in [4.69, 9.17) is 9.47 Å². The summed E-state index contributed by atoms with van der Waals surface area (Å²) < 4.78 is 11.5. The lowest BCUT2D eigenvalue weighted by Crippen LogP contribution is -2.51. The van der Waals surface area contributed by atoms with Crippen LogP contribution in [0, 0.1) is 0 Å². The number of hydrogen-bond donors (Lipinski definition) is 2. The molecule has 2 aromatic rings. The Morgan fingerprint density at radius 3 is 3.04 bits per heavy atom. The highest BCUT2D eigenvalue weighted by molar-refractivity contribution is 5.98. The van der Waals surface area contributed by atoms with Gasteiger partial charge in [-0.25, -0.2) is 0 Å². The molecular weight excluding hydrogens is 306 g/mol. The van der Waals surface area contributed by atoms with Gasteiger partial charge in [0.05, 0.1) is 25.4 Å². The molecule has 6 nitrogen and oxygen atoms in total. The second kappa shape index (κ2) is 7.79. The summed E-state index contributed by atoms with van der Waals surface area (Å²) in [5.41, 5.74) is 1.52. The van der Waals surface area contributed by atoms with Gasteiger partial charge in [-0.2, -0.15) is 0 Å². The monoisotopic (exact) mass is 331 g/mol. The zero-order valence-corrected chi connectivity index (χ0v) is 14.2. The Kier molecular flexibility index (Phi) is 5.50. The maximum atomic E-state index is 12.5. The van der Waals surface area contributed by atoms with Crippen LogP contribution in [-0.2, 0) is 9.47 Å². The molecule has 2 N–H and O–H groups in total.